The first-order valence-electron chi connectivity index (χ1n) is 9.83. The number of urea groups is 1. The fourth-order valence-electron chi connectivity index (χ4n) is 3.68. The minimum Gasteiger partial charge on any atom is -0.481 e. The number of carboxylic acid groups (broad SMARTS) is 1. The molecule has 1 aromatic rings. The maximum absolute atomic E-state index is 13.0. The highest BCUT2D eigenvalue weighted by atomic mass is 16.4. The van der Waals surface area contributed by atoms with Gasteiger partial charge in [0.15, 0.2) is 5.82 Å². The molecule has 0 fully saturated rings. The van der Waals surface area contributed by atoms with Crippen LogP contribution in [0.2, 0.25) is 0 Å². The lowest BCUT2D eigenvalue weighted by molar-refractivity contribution is -0.148. The molecule has 1 aromatic heterocycles. The standard InChI is InChI=1S/C20H29N5O3/c1-4-11-25-17-15(13(2)24(19(25)28)12-5-10-21)22-16(23-17)14-6-8-20(3,9-7-14)18(26)27/h6H,2,4-5,7-12,21H2,1,3H3,(H,22,23)(H,26,27). The van der Waals surface area contributed by atoms with Crippen LogP contribution in [0.25, 0.3) is 11.3 Å². The molecule has 8 nitrogen and oxygen atoms in total. The molecule has 0 saturated heterocycles. The van der Waals surface area contributed by atoms with Crippen LogP contribution in [0.4, 0.5) is 10.6 Å². The number of imidazole rings is 1. The quantitative estimate of drug-likeness (QED) is 0.665. The van der Waals surface area contributed by atoms with E-state index in [0.29, 0.717) is 62.7 Å². The van der Waals surface area contributed by atoms with Gasteiger partial charge in [0.2, 0.25) is 0 Å². The van der Waals surface area contributed by atoms with Gasteiger partial charge in [-0.05, 0) is 51.1 Å². The van der Waals surface area contributed by atoms with Crippen LogP contribution in [-0.2, 0) is 4.79 Å². The number of H-pyrrole nitrogens is 1. The van der Waals surface area contributed by atoms with E-state index in [-0.39, 0.29) is 6.03 Å². The Balaban J connectivity index is 1.94. The van der Waals surface area contributed by atoms with Crippen molar-refractivity contribution in [3.05, 3.63) is 24.2 Å². The summed E-state index contributed by atoms with van der Waals surface area (Å²) in [6, 6.07) is -0.123. The van der Waals surface area contributed by atoms with E-state index in [4.69, 9.17) is 10.7 Å². The Bertz CT molecular complexity index is 828. The number of amides is 2. The molecule has 28 heavy (non-hydrogen) atoms. The van der Waals surface area contributed by atoms with Crippen molar-refractivity contribution in [2.45, 2.75) is 46.0 Å². The Morgan fingerprint density at radius 3 is 2.75 bits per heavy atom. The number of allylic oxidation sites excluding steroid dienone is 2. The van der Waals surface area contributed by atoms with Gasteiger partial charge in [-0.25, -0.2) is 9.78 Å². The lowest BCUT2D eigenvalue weighted by Gasteiger charge is -2.35. The number of aromatic nitrogens is 2. The van der Waals surface area contributed by atoms with Crippen LogP contribution in [0.3, 0.4) is 0 Å². The third kappa shape index (κ3) is 3.44. The molecular formula is C20H29N5O3. The van der Waals surface area contributed by atoms with Crippen molar-refractivity contribution in [2.75, 3.05) is 24.5 Å². The van der Waals surface area contributed by atoms with Crippen molar-refractivity contribution >= 4 is 29.1 Å². The van der Waals surface area contributed by atoms with Crippen LogP contribution < -0.4 is 10.6 Å². The van der Waals surface area contributed by atoms with Crippen LogP contribution in [-0.4, -0.2) is 51.6 Å². The minimum atomic E-state index is -0.773. The molecule has 1 aliphatic carbocycles. The fourth-order valence-corrected chi connectivity index (χ4v) is 3.68. The number of fused-ring (bicyclic) bond motifs is 1. The van der Waals surface area contributed by atoms with Crippen molar-refractivity contribution in [1.29, 1.82) is 0 Å². The fraction of sp³-hybridized carbons (Fsp3) is 0.550. The third-order valence-electron chi connectivity index (χ3n) is 5.62. The maximum atomic E-state index is 13.0. The topological polar surface area (TPSA) is 116 Å². The molecular weight excluding hydrogens is 358 g/mol. The summed E-state index contributed by atoms with van der Waals surface area (Å²) in [6.07, 6.45) is 5.10. The molecule has 3 rings (SSSR count). The second-order valence-corrected chi connectivity index (χ2v) is 7.76. The van der Waals surface area contributed by atoms with E-state index >= 15 is 0 Å². The summed E-state index contributed by atoms with van der Waals surface area (Å²) in [5, 5.41) is 9.42. The van der Waals surface area contributed by atoms with E-state index < -0.39 is 11.4 Å². The number of anilines is 1. The zero-order valence-corrected chi connectivity index (χ0v) is 16.6. The lowest BCUT2D eigenvalue weighted by atomic mass is 9.76. The van der Waals surface area contributed by atoms with Crippen molar-refractivity contribution in [3.63, 3.8) is 0 Å². The normalized spacial score (nSPS) is 22.3. The largest absolute Gasteiger partial charge is 0.481 e. The second kappa shape index (κ2) is 7.79. The molecule has 2 heterocycles. The third-order valence-corrected chi connectivity index (χ3v) is 5.62. The highest BCUT2D eigenvalue weighted by Crippen LogP contribution is 2.40. The molecule has 1 atom stereocenters. The van der Waals surface area contributed by atoms with Gasteiger partial charge in [0, 0.05) is 13.1 Å². The summed E-state index contributed by atoms with van der Waals surface area (Å²) < 4.78 is 0. The second-order valence-electron chi connectivity index (χ2n) is 7.76. The summed E-state index contributed by atoms with van der Waals surface area (Å²) in [4.78, 5) is 35.8. The minimum absolute atomic E-state index is 0.123. The lowest BCUT2D eigenvalue weighted by Crippen LogP contribution is -2.47. The number of hydrogen-bond acceptors (Lipinski definition) is 4. The molecule has 0 spiro atoms. The molecule has 4 N–H and O–H groups in total. The highest BCUT2D eigenvalue weighted by molar-refractivity contribution is 6.03. The Labute approximate surface area is 165 Å². The van der Waals surface area contributed by atoms with E-state index in [0.717, 1.165) is 17.7 Å². The number of aliphatic carboxylic acids is 1. The first kappa shape index (κ1) is 20.1. The monoisotopic (exact) mass is 387 g/mol. The number of carbonyl (C=O) groups is 2. The van der Waals surface area contributed by atoms with Crippen LogP contribution in [0.1, 0.15) is 57.5 Å². The van der Waals surface area contributed by atoms with Crippen molar-refractivity contribution < 1.29 is 14.7 Å². The van der Waals surface area contributed by atoms with Gasteiger partial charge in [-0.3, -0.25) is 14.6 Å². The Morgan fingerprint density at radius 2 is 2.18 bits per heavy atom. The molecule has 1 aliphatic heterocycles. The Morgan fingerprint density at radius 1 is 1.43 bits per heavy atom. The maximum Gasteiger partial charge on any atom is 0.330 e. The van der Waals surface area contributed by atoms with E-state index in [1.807, 2.05) is 13.0 Å². The zero-order valence-electron chi connectivity index (χ0n) is 16.6. The van der Waals surface area contributed by atoms with E-state index in [1.54, 1.807) is 16.7 Å². The van der Waals surface area contributed by atoms with Gasteiger partial charge >= 0.3 is 12.0 Å². The number of nitrogens with zero attached hydrogens (tertiary/aromatic N) is 3. The van der Waals surface area contributed by atoms with Crippen LogP contribution >= 0.6 is 0 Å². The number of carbonyl (C=O) groups excluding carboxylic acids is 1. The summed E-state index contributed by atoms with van der Waals surface area (Å²) in [5.74, 6) is 0.515. The Kier molecular flexibility index (Phi) is 5.60. The number of nitrogens with two attached hydrogens (primary N) is 1. The molecule has 0 aromatic carbocycles. The van der Waals surface area contributed by atoms with Gasteiger partial charge in [0.05, 0.1) is 11.1 Å². The highest BCUT2D eigenvalue weighted by Gasteiger charge is 2.38. The first-order chi connectivity index (χ1) is 13.3. The summed E-state index contributed by atoms with van der Waals surface area (Å²) in [7, 11) is 0. The van der Waals surface area contributed by atoms with E-state index in [9.17, 15) is 14.7 Å². The van der Waals surface area contributed by atoms with Gasteiger partial charge < -0.3 is 15.8 Å². The van der Waals surface area contributed by atoms with Crippen molar-refractivity contribution in [1.82, 2.24) is 14.9 Å². The molecule has 0 saturated carbocycles. The number of carboxylic acids is 1. The SMILES string of the molecule is C=C1c2[nH]c(C3=CCC(C)(C(=O)O)CC3)nc2N(CCC)C(=O)N1CCCN. The molecule has 0 bridgehead atoms. The van der Waals surface area contributed by atoms with Crippen molar-refractivity contribution in [2.24, 2.45) is 11.1 Å². The van der Waals surface area contributed by atoms with Gasteiger partial charge in [0.1, 0.15) is 11.5 Å². The predicted molar refractivity (Wildman–Crippen MR) is 109 cm³/mol. The summed E-state index contributed by atoms with van der Waals surface area (Å²) in [5.41, 5.74) is 7.22. The molecule has 8 heteroatoms. The van der Waals surface area contributed by atoms with Crippen molar-refractivity contribution in [3.8, 4) is 0 Å². The average Bonchev–Trinajstić information content (AvgIpc) is 3.11. The smallest absolute Gasteiger partial charge is 0.330 e. The van der Waals surface area contributed by atoms with Gasteiger partial charge in [0.25, 0.3) is 0 Å². The first-order valence-corrected chi connectivity index (χ1v) is 9.83. The molecule has 2 amide bonds. The van der Waals surface area contributed by atoms with Gasteiger partial charge in [-0.2, -0.15) is 0 Å². The average molecular weight is 387 g/mol. The summed E-state index contributed by atoms with van der Waals surface area (Å²) in [6.45, 7) is 9.48. The number of hydrogen-bond donors (Lipinski definition) is 3. The number of nitrogens with one attached hydrogen (secondary N) is 1. The predicted octanol–water partition coefficient (Wildman–Crippen LogP) is 3.04. The molecule has 152 valence electrons. The van der Waals surface area contributed by atoms with Crippen LogP contribution in [0, 0.1) is 5.41 Å². The van der Waals surface area contributed by atoms with Crippen LogP contribution in [0.15, 0.2) is 12.7 Å². The zero-order chi connectivity index (χ0) is 20.5. The Hall–Kier alpha value is -2.61. The number of aromatic amines is 1. The molecule has 1 unspecified atom stereocenters. The van der Waals surface area contributed by atoms with Gasteiger partial charge in [-0.15, -0.1) is 0 Å². The van der Waals surface area contributed by atoms with Gasteiger partial charge in [-0.1, -0.05) is 19.6 Å². The van der Waals surface area contributed by atoms with E-state index in [1.165, 1.54) is 0 Å². The molecule has 0 radical (unpaired) electrons. The number of rotatable bonds is 7. The summed E-state index contributed by atoms with van der Waals surface area (Å²) >= 11 is 0. The van der Waals surface area contributed by atoms with E-state index in [2.05, 4.69) is 11.6 Å². The molecule has 2 aliphatic rings. The van der Waals surface area contributed by atoms with Crippen LogP contribution in [0.5, 0.6) is 0 Å².